The van der Waals surface area contributed by atoms with Crippen molar-refractivity contribution < 1.29 is 0 Å². The number of aromatic nitrogens is 3. The Balaban J connectivity index is 2.79. The average molecular weight is 143 g/mol. The zero-order valence-corrected chi connectivity index (χ0v) is 5.73. The minimum absolute atomic E-state index is 0.808. The fourth-order valence-electron chi connectivity index (χ4n) is 0.902. The first-order valence-corrected chi connectivity index (χ1v) is 3.16. The molecule has 11 heavy (non-hydrogen) atoms. The lowest BCUT2D eigenvalue weighted by atomic mass is 10.3. The first-order chi connectivity index (χ1) is 5.40. The molecular formula is C8H5N3. The van der Waals surface area contributed by atoms with Crippen LogP contribution in [0, 0.1) is 12.3 Å². The van der Waals surface area contributed by atoms with Gasteiger partial charge in [0.25, 0.3) is 0 Å². The van der Waals surface area contributed by atoms with E-state index in [1.807, 2.05) is 12.1 Å². The molecule has 2 aromatic heterocycles. The summed E-state index contributed by atoms with van der Waals surface area (Å²) < 4.78 is 1.65. The zero-order chi connectivity index (χ0) is 7.68. The molecule has 0 aliphatic heterocycles. The molecule has 0 aromatic carbocycles. The third kappa shape index (κ3) is 0.849. The van der Waals surface area contributed by atoms with Crippen LogP contribution in [-0.2, 0) is 0 Å². The predicted octanol–water partition coefficient (Wildman–Crippen LogP) is 0.711. The van der Waals surface area contributed by atoms with Crippen molar-refractivity contribution >= 4 is 5.65 Å². The molecule has 0 aliphatic rings. The molecule has 0 saturated heterocycles. The maximum atomic E-state index is 5.20. The van der Waals surface area contributed by atoms with E-state index in [2.05, 4.69) is 16.0 Å². The second-order valence-electron chi connectivity index (χ2n) is 2.12. The molecule has 0 spiro atoms. The van der Waals surface area contributed by atoms with E-state index in [0.29, 0.717) is 0 Å². The van der Waals surface area contributed by atoms with E-state index >= 15 is 0 Å². The molecule has 0 bridgehead atoms. The molecule has 0 saturated carbocycles. The van der Waals surface area contributed by atoms with Crippen LogP contribution in [0.2, 0.25) is 0 Å². The lowest BCUT2D eigenvalue weighted by Gasteiger charge is -1.90. The normalized spacial score (nSPS) is 9.73. The van der Waals surface area contributed by atoms with Crippen LogP contribution in [0.25, 0.3) is 5.65 Å². The molecule has 0 N–H and O–H groups in total. The standard InChI is InChI=1S/C8H5N3/c1-2-7-3-4-8-9-6-10-11(8)5-7/h1,3-6H. The molecule has 0 unspecified atom stereocenters. The fraction of sp³-hybridized carbons (Fsp3) is 0. The Bertz CT molecular complexity index is 422. The Kier molecular flexibility index (Phi) is 1.13. The van der Waals surface area contributed by atoms with E-state index < -0.39 is 0 Å². The highest BCUT2D eigenvalue weighted by Crippen LogP contribution is 2.00. The van der Waals surface area contributed by atoms with Crippen LogP contribution in [0.4, 0.5) is 0 Å². The monoisotopic (exact) mass is 143 g/mol. The van der Waals surface area contributed by atoms with Crippen LogP contribution in [0.5, 0.6) is 0 Å². The van der Waals surface area contributed by atoms with Gasteiger partial charge in [0.2, 0.25) is 0 Å². The summed E-state index contributed by atoms with van der Waals surface area (Å²) in [5.41, 5.74) is 1.62. The number of fused-ring (bicyclic) bond motifs is 1. The highest BCUT2D eigenvalue weighted by molar-refractivity contribution is 5.41. The lowest BCUT2D eigenvalue weighted by Crippen LogP contribution is -1.87. The largest absolute Gasteiger partial charge is 0.220 e. The number of hydrogen-bond donors (Lipinski definition) is 0. The maximum Gasteiger partial charge on any atom is 0.155 e. The molecule has 0 amide bonds. The maximum absolute atomic E-state index is 5.20. The predicted molar refractivity (Wildman–Crippen MR) is 40.9 cm³/mol. The van der Waals surface area contributed by atoms with Gasteiger partial charge >= 0.3 is 0 Å². The number of rotatable bonds is 0. The Labute approximate surface area is 63.7 Å². The molecule has 2 heterocycles. The van der Waals surface area contributed by atoms with Crippen LogP contribution in [-0.4, -0.2) is 14.6 Å². The summed E-state index contributed by atoms with van der Waals surface area (Å²) in [6.07, 6.45) is 8.46. The van der Waals surface area contributed by atoms with E-state index in [-0.39, 0.29) is 0 Å². The van der Waals surface area contributed by atoms with Gasteiger partial charge in [0.15, 0.2) is 5.65 Å². The third-order valence-electron chi connectivity index (χ3n) is 1.44. The number of hydrogen-bond acceptors (Lipinski definition) is 2. The lowest BCUT2D eigenvalue weighted by molar-refractivity contribution is 0.958. The molecule has 2 rings (SSSR count). The molecule has 3 nitrogen and oxygen atoms in total. The molecule has 0 radical (unpaired) electrons. The van der Waals surface area contributed by atoms with Crippen molar-refractivity contribution in [2.75, 3.05) is 0 Å². The first kappa shape index (κ1) is 5.93. The van der Waals surface area contributed by atoms with Crippen molar-refractivity contribution in [1.29, 1.82) is 0 Å². The Hall–Kier alpha value is -1.82. The van der Waals surface area contributed by atoms with Gasteiger partial charge in [0.05, 0.1) is 0 Å². The van der Waals surface area contributed by atoms with Crippen LogP contribution < -0.4 is 0 Å². The van der Waals surface area contributed by atoms with Crippen molar-refractivity contribution in [3.63, 3.8) is 0 Å². The van der Waals surface area contributed by atoms with E-state index in [1.165, 1.54) is 6.33 Å². The first-order valence-electron chi connectivity index (χ1n) is 3.16. The number of nitrogens with zero attached hydrogens (tertiary/aromatic N) is 3. The summed E-state index contributed by atoms with van der Waals surface area (Å²) in [5, 5.41) is 3.94. The summed E-state index contributed by atoms with van der Waals surface area (Å²) in [7, 11) is 0. The second kappa shape index (κ2) is 2.10. The molecule has 0 atom stereocenters. The fourth-order valence-corrected chi connectivity index (χ4v) is 0.902. The van der Waals surface area contributed by atoms with Gasteiger partial charge in [0.1, 0.15) is 6.33 Å². The minimum atomic E-state index is 0.808. The topological polar surface area (TPSA) is 30.2 Å². The van der Waals surface area contributed by atoms with E-state index in [9.17, 15) is 0 Å². The number of pyridine rings is 1. The summed E-state index contributed by atoms with van der Waals surface area (Å²) in [4.78, 5) is 3.98. The van der Waals surface area contributed by atoms with E-state index in [1.54, 1.807) is 10.7 Å². The van der Waals surface area contributed by atoms with Crippen molar-refractivity contribution in [3.8, 4) is 12.3 Å². The van der Waals surface area contributed by atoms with Crippen molar-refractivity contribution in [1.82, 2.24) is 14.6 Å². The van der Waals surface area contributed by atoms with Crippen molar-refractivity contribution in [2.24, 2.45) is 0 Å². The average Bonchev–Trinajstić information content (AvgIpc) is 2.50. The van der Waals surface area contributed by atoms with Gasteiger partial charge in [-0.15, -0.1) is 6.42 Å². The summed E-state index contributed by atoms with van der Waals surface area (Å²) in [6.45, 7) is 0. The smallest absolute Gasteiger partial charge is 0.155 e. The van der Waals surface area contributed by atoms with Gasteiger partial charge in [-0.25, -0.2) is 9.50 Å². The molecule has 0 fully saturated rings. The third-order valence-corrected chi connectivity index (χ3v) is 1.44. The highest BCUT2D eigenvalue weighted by atomic mass is 15.3. The Morgan fingerprint density at radius 2 is 2.36 bits per heavy atom. The summed E-state index contributed by atoms with van der Waals surface area (Å²) in [6, 6.07) is 3.67. The highest BCUT2D eigenvalue weighted by Gasteiger charge is 1.93. The minimum Gasteiger partial charge on any atom is -0.220 e. The summed E-state index contributed by atoms with van der Waals surface area (Å²) >= 11 is 0. The van der Waals surface area contributed by atoms with Crippen molar-refractivity contribution in [2.45, 2.75) is 0 Å². The van der Waals surface area contributed by atoms with Gasteiger partial charge in [-0.3, -0.25) is 0 Å². The van der Waals surface area contributed by atoms with Gasteiger partial charge in [-0.05, 0) is 12.1 Å². The van der Waals surface area contributed by atoms with E-state index in [0.717, 1.165) is 11.2 Å². The SMILES string of the molecule is C#Cc1ccc2ncnn2c1. The van der Waals surface area contributed by atoms with Gasteiger partial charge < -0.3 is 0 Å². The summed E-state index contributed by atoms with van der Waals surface area (Å²) in [5.74, 6) is 2.52. The molecular weight excluding hydrogens is 138 g/mol. The van der Waals surface area contributed by atoms with Crippen LogP contribution in [0.15, 0.2) is 24.7 Å². The molecule has 52 valence electrons. The molecule has 0 aliphatic carbocycles. The van der Waals surface area contributed by atoms with E-state index in [4.69, 9.17) is 6.42 Å². The van der Waals surface area contributed by atoms with Crippen LogP contribution >= 0.6 is 0 Å². The Morgan fingerprint density at radius 1 is 1.45 bits per heavy atom. The van der Waals surface area contributed by atoms with Crippen LogP contribution in [0.1, 0.15) is 5.56 Å². The van der Waals surface area contributed by atoms with Gasteiger partial charge in [0, 0.05) is 11.8 Å². The quantitative estimate of drug-likeness (QED) is 0.508. The molecule has 2 aromatic rings. The van der Waals surface area contributed by atoms with Crippen LogP contribution in [0.3, 0.4) is 0 Å². The number of terminal acetylenes is 1. The zero-order valence-electron chi connectivity index (χ0n) is 5.73. The Morgan fingerprint density at radius 3 is 3.18 bits per heavy atom. The van der Waals surface area contributed by atoms with Gasteiger partial charge in [-0.1, -0.05) is 5.92 Å². The second-order valence-corrected chi connectivity index (χ2v) is 2.12. The molecule has 3 heteroatoms. The van der Waals surface area contributed by atoms with Crippen molar-refractivity contribution in [3.05, 3.63) is 30.2 Å². The van der Waals surface area contributed by atoms with Gasteiger partial charge in [-0.2, -0.15) is 5.10 Å².